The van der Waals surface area contributed by atoms with Crippen LogP contribution in [0.4, 0.5) is 5.69 Å². The highest BCUT2D eigenvalue weighted by atomic mass is 127. The molecule has 5 heteroatoms. The molecule has 1 heterocycles. The summed E-state index contributed by atoms with van der Waals surface area (Å²) in [6.07, 6.45) is 3.35. The molecule has 2 aromatic rings. The number of carbonyl (C=O) groups excluding carboxylic acids is 1. The predicted molar refractivity (Wildman–Crippen MR) is 89.5 cm³/mol. The number of amides is 1. The lowest BCUT2D eigenvalue weighted by atomic mass is 10.2. The molecule has 0 aliphatic carbocycles. The summed E-state index contributed by atoms with van der Waals surface area (Å²) < 4.78 is 2.90. The SMILES string of the molecule is Cc1nn(C)c(C)c1/C=C/C(=O)Nc1cccc(I)c1. The predicted octanol–water partition coefficient (Wildman–Crippen LogP) is 3.29. The van der Waals surface area contributed by atoms with E-state index in [-0.39, 0.29) is 5.91 Å². The van der Waals surface area contributed by atoms with Crippen molar-refractivity contribution < 1.29 is 4.79 Å². The molecule has 1 amide bonds. The number of hydrogen-bond acceptors (Lipinski definition) is 2. The molecule has 1 N–H and O–H groups in total. The third-order valence-electron chi connectivity index (χ3n) is 3.06. The van der Waals surface area contributed by atoms with Gasteiger partial charge >= 0.3 is 0 Å². The van der Waals surface area contributed by atoms with Crippen LogP contribution in [0.25, 0.3) is 6.08 Å². The Morgan fingerprint density at radius 3 is 2.75 bits per heavy atom. The van der Waals surface area contributed by atoms with Gasteiger partial charge in [-0.15, -0.1) is 0 Å². The molecule has 0 fully saturated rings. The maximum absolute atomic E-state index is 11.9. The summed E-state index contributed by atoms with van der Waals surface area (Å²) in [7, 11) is 1.89. The molecule has 2 rings (SSSR count). The van der Waals surface area contributed by atoms with Gasteiger partial charge in [0.15, 0.2) is 0 Å². The smallest absolute Gasteiger partial charge is 0.248 e. The van der Waals surface area contributed by atoms with Crippen LogP contribution in [-0.2, 0) is 11.8 Å². The number of carbonyl (C=O) groups is 1. The number of rotatable bonds is 3. The highest BCUT2D eigenvalue weighted by Crippen LogP contribution is 2.15. The fraction of sp³-hybridized carbons (Fsp3) is 0.200. The number of anilines is 1. The Kier molecular flexibility index (Phi) is 4.59. The van der Waals surface area contributed by atoms with Gasteiger partial charge in [0.05, 0.1) is 5.69 Å². The van der Waals surface area contributed by atoms with Gasteiger partial charge in [0.1, 0.15) is 0 Å². The Labute approximate surface area is 132 Å². The van der Waals surface area contributed by atoms with Crippen LogP contribution in [0.15, 0.2) is 30.3 Å². The largest absolute Gasteiger partial charge is 0.322 e. The highest BCUT2D eigenvalue weighted by Gasteiger charge is 2.06. The van der Waals surface area contributed by atoms with Gasteiger partial charge in [0, 0.05) is 33.6 Å². The molecule has 0 bridgehead atoms. The van der Waals surface area contributed by atoms with Crippen molar-refractivity contribution in [2.45, 2.75) is 13.8 Å². The number of halogens is 1. The standard InChI is InChI=1S/C15H16IN3O/c1-10-14(11(2)19(3)18-10)7-8-15(20)17-13-6-4-5-12(16)9-13/h4-9H,1-3H3,(H,17,20)/b8-7+. The van der Waals surface area contributed by atoms with Crippen LogP contribution in [0.2, 0.25) is 0 Å². The second kappa shape index (κ2) is 6.21. The minimum atomic E-state index is -0.144. The lowest BCUT2D eigenvalue weighted by Crippen LogP contribution is -2.07. The molecule has 0 atom stereocenters. The number of benzene rings is 1. The molecule has 4 nitrogen and oxygen atoms in total. The summed E-state index contributed by atoms with van der Waals surface area (Å²) in [5.74, 6) is -0.144. The van der Waals surface area contributed by atoms with E-state index in [1.165, 1.54) is 6.08 Å². The monoisotopic (exact) mass is 381 g/mol. The van der Waals surface area contributed by atoms with Crippen molar-refractivity contribution in [3.8, 4) is 0 Å². The Morgan fingerprint density at radius 1 is 1.40 bits per heavy atom. The second-order valence-corrected chi connectivity index (χ2v) is 5.79. The average Bonchev–Trinajstić information content (AvgIpc) is 2.61. The van der Waals surface area contributed by atoms with E-state index in [0.29, 0.717) is 0 Å². The Hall–Kier alpha value is -1.63. The van der Waals surface area contributed by atoms with E-state index in [1.807, 2.05) is 49.8 Å². The first-order valence-electron chi connectivity index (χ1n) is 6.22. The molecule has 1 aromatic heterocycles. The van der Waals surface area contributed by atoms with Crippen LogP contribution >= 0.6 is 22.6 Å². The minimum absolute atomic E-state index is 0.144. The van der Waals surface area contributed by atoms with E-state index in [4.69, 9.17) is 0 Å². The summed E-state index contributed by atoms with van der Waals surface area (Å²) in [6, 6.07) is 7.69. The van der Waals surface area contributed by atoms with Crippen LogP contribution in [-0.4, -0.2) is 15.7 Å². The number of aromatic nitrogens is 2. The van der Waals surface area contributed by atoms with Gasteiger partial charge < -0.3 is 5.32 Å². The highest BCUT2D eigenvalue weighted by molar-refractivity contribution is 14.1. The van der Waals surface area contributed by atoms with Gasteiger partial charge in [-0.05, 0) is 60.7 Å². The zero-order chi connectivity index (χ0) is 14.7. The fourth-order valence-corrected chi connectivity index (χ4v) is 2.48. The molecule has 0 saturated carbocycles. The lowest BCUT2D eigenvalue weighted by Gasteiger charge is -2.02. The molecular formula is C15H16IN3O. The van der Waals surface area contributed by atoms with Crippen LogP contribution in [0.3, 0.4) is 0 Å². The van der Waals surface area contributed by atoms with Gasteiger partial charge in [-0.1, -0.05) is 6.07 Å². The zero-order valence-electron chi connectivity index (χ0n) is 11.6. The first kappa shape index (κ1) is 14.8. The van der Waals surface area contributed by atoms with E-state index in [0.717, 1.165) is 26.2 Å². The van der Waals surface area contributed by atoms with Gasteiger partial charge in [-0.2, -0.15) is 5.10 Å². The molecule has 0 unspecified atom stereocenters. The van der Waals surface area contributed by atoms with Crippen LogP contribution in [0.5, 0.6) is 0 Å². The summed E-state index contributed by atoms with van der Waals surface area (Å²) in [5.41, 5.74) is 3.75. The van der Waals surface area contributed by atoms with Crippen molar-refractivity contribution in [3.05, 3.63) is 50.9 Å². The van der Waals surface area contributed by atoms with E-state index in [2.05, 4.69) is 33.0 Å². The van der Waals surface area contributed by atoms with Crippen molar-refractivity contribution in [3.63, 3.8) is 0 Å². The first-order valence-corrected chi connectivity index (χ1v) is 7.30. The van der Waals surface area contributed by atoms with Gasteiger partial charge in [-0.3, -0.25) is 9.48 Å². The number of nitrogens with zero attached hydrogens (tertiary/aromatic N) is 2. The maximum atomic E-state index is 11.9. The molecular weight excluding hydrogens is 365 g/mol. The molecule has 0 radical (unpaired) electrons. The topological polar surface area (TPSA) is 46.9 Å². The van der Waals surface area contributed by atoms with Crippen LogP contribution in [0, 0.1) is 17.4 Å². The third kappa shape index (κ3) is 3.47. The quantitative estimate of drug-likeness (QED) is 0.655. The van der Waals surface area contributed by atoms with Crippen molar-refractivity contribution in [2.24, 2.45) is 7.05 Å². The van der Waals surface area contributed by atoms with Gasteiger partial charge in [0.25, 0.3) is 0 Å². The summed E-state index contributed by atoms with van der Waals surface area (Å²) in [6.45, 7) is 3.92. The van der Waals surface area contributed by atoms with E-state index < -0.39 is 0 Å². The van der Waals surface area contributed by atoms with Crippen molar-refractivity contribution >= 4 is 40.3 Å². The molecule has 1 aromatic carbocycles. The maximum Gasteiger partial charge on any atom is 0.248 e. The Morgan fingerprint density at radius 2 is 2.15 bits per heavy atom. The molecule has 104 valence electrons. The van der Waals surface area contributed by atoms with Gasteiger partial charge in [0.2, 0.25) is 5.91 Å². The third-order valence-corrected chi connectivity index (χ3v) is 3.73. The molecule has 20 heavy (non-hydrogen) atoms. The summed E-state index contributed by atoms with van der Waals surface area (Å²) in [5, 5.41) is 7.16. The number of nitrogens with one attached hydrogen (secondary N) is 1. The molecule has 0 saturated heterocycles. The lowest BCUT2D eigenvalue weighted by molar-refractivity contribution is -0.111. The summed E-state index contributed by atoms with van der Waals surface area (Å²) >= 11 is 2.21. The van der Waals surface area contributed by atoms with E-state index in [1.54, 1.807) is 6.08 Å². The van der Waals surface area contributed by atoms with Crippen molar-refractivity contribution in [2.75, 3.05) is 5.32 Å². The molecule has 0 aliphatic rings. The van der Waals surface area contributed by atoms with Crippen molar-refractivity contribution in [1.29, 1.82) is 0 Å². The Bertz CT molecular complexity index is 674. The fourth-order valence-electron chi connectivity index (χ4n) is 1.94. The Balaban J connectivity index is 2.10. The average molecular weight is 381 g/mol. The molecule has 0 spiro atoms. The van der Waals surface area contributed by atoms with E-state index in [9.17, 15) is 4.79 Å². The summed E-state index contributed by atoms with van der Waals surface area (Å²) in [4.78, 5) is 11.9. The van der Waals surface area contributed by atoms with E-state index >= 15 is 0 Å². The van der Waals surface area contributed by atoms with Crippen LogP contribution < -0.4 is 5.32 Å². The number of aryl methyl sites for hydroxylation is 2. The first-order chi connectivity index (χ1) is 9.47. The van der Waals surface area contributed by atoms with Crippen LogP contribution in [0.1, 0.15) is 17.0 Å². The number of hydrogen-bond donors (Lipinski definition) is 1. The van der Waals surface area contributed by atoms with Crippen molar-refractivity contribution in [1.82, 2.24) is 9.78 Å². The molecule has 0 aliphatic heterocycles. The minimum Gasteiger partial charge on any atom is -0.322 e. The van der Waals surface area contributed by atoms with Gasteiger partial charge in [-0.25, -0.2) is 0 Å². The normalized spacial score (nSPS) is 11.0. The zero-order valence-corrected chi connectivity index (χ0v) is 13.8. The second-order valence-electron chi connectivity index (χ2n) is 4.54.